The zero-order chi connectivity index (χ0) is 12.2. The van der Waals surface area contributed by atoms with Crippen LogP contribution in [0.1, 0.15) is 59.8 Å². The molecule has 3 unspecified atom stereocenters. The minimum atomic E-state index is 0.300. The first kappa shape index (κ1) is 14.0. The van der Waals surface area contributed by atoms with Crippen molar-refractivity contribution in [2.24, 2.45) is 5.41 Å². The van der Waals surface area contributed by atoms with E-state index in [1.807, 2.05) is 7.11 Å². The molecule has 0 amide bonds. The molecule has 96 valence electrons. The van der Waals surface area contributed by atoms with Crippen LogP contribution in [0.15, 0.2) is 0 Å². The summed E-state index contributed by atoms with van der Waals surface area (Å²) in [5, 5.41) is 3.81. The van der Waals surface area contributed by atoms with Crippen molar-refractivity contribution in [2.45, 2.75) is 78.0 Å². The highest BCUT2D eigenvalue weighted by Crippen LogP contribution is 2.42. The van der Waals surface area contributed by atoms with E-state index in [0.29, 0.717) is 23.6 Å². The fourth-order valence-electron chi connectivity index (χ4n) is 2.71. The third-order valence-electron chi connectivity index (χ3n) is 4.30. The lowest BCUT2D eigenvalue weighted by Crippen LogP contribution is -2.62. The number of ether oxygens (including phenoxy) is 1. The van der Waals surface area contributed by atoms with Gasteiger partial charge in [0, 0.05) is 24.6 Å². The Hall–Kier alpha value is -0.0800. The highest BCUT2D eigenvalue weighted by atomic mass is 16.5. The molecule has 0 aromatic heterocycles. The average molecular weight is 227 g/mol. The molecule has 16 heavy (non-hydrogen) atoms. The van der Waals surface area contributed by atoms with Gasteiger partial charge >= 0.3 is 0 Å². The van der Waals surface area contributed by atoms with Gasteiger partial charge < -0.3 is 10.1 Å². The van der Waals surface area contributed by atoms with Gasteiger partial charge in [0.15, 0.2) is 0 Å². The Morgan fingerprint density at radius 2 is 2.06 bits per heavy atom. The molecule has 1 aliphatic carbocycles. The summed E-state index contributed by atoms with van der Waals surface area (Å²) in [6.07, 6.45) is 6.81. The van der Waals surface area contributed by atoms with Crippen LogP contribution in [0, 0.1) is 5.41 Å². The summed E-state index contributed by atoms with van der Waals surface area (Å²) >= 11 is 0. The topological polar surface area (TPSA) is 21.3 Å². The van der Waals surface area contributed by atoms with Crippen LogP contribution in [-0.4, -0.2) is 25.3 Å². The van der Waals surface area contributed by atoms with Gasteiger partial charge in [-0.25, -0.2) is 0 Å². The molecule has 1 aliphatic rings. The van der Waals surface area contributed by atoms with Crippen molar-refractivity contribution in [3.63, 3.8) is 0 Å². The lowest BCUT2D eigenvalue weighted by atomic mass is 9.64. The number of methoxy groups -OCH3 is 1. The number of nitrogens with one attached hydrogen (secondary N) is 1. The molecule has 0 radical (unpaired) electrons. The molecule has 0 heterocycles. The van der Waals surface area contributed by atoms with Gasteiger partial charge in [0.2, 0.25) is 0 Å². The van der Waals surface area contributed by atoms with E-state index in [9.17, 15) is 0 Å². The largest absolute Gasteiger partial charge is 0.381 e. The van der Waals surface area contributed by atoms with Crippen LogP contribution in [-0.2, 0) is 4.74 Å². The van der Waals surface area contributed by atoms with Crippen molar-refractivity contribution < 1.29 is 4.74 Å². The van der Waals surface area contributed by atoms with Crippen LogP contribution in [0.2, 0.25) is 0 Å². The van der Waals surface area contributed by atoms with E-state index >= 15 is 0 Å². The molecule has 1 rings (SSSR count). The smallest absolute Gasteiger partial charge is 0.0652 e. The van der Waals surface area contributed by atoms with Crippen molar-refractivity contribution in [1.29, 1.82) is 0 Å². The monoisotopic (exact) mass is 227 g/mol. The molecular weight excluding hydrogens is 198 g/mol. The van der Waals surface area contributed by atoms with E-state index in [1.54, 1.807) is 0 Å². The van der Waals surface area contributed by atoms with Crippen molar-refractivity contribution in [1.82, 2.24) is 5.32 Å². The molecule has 1 saturated carbocycles. The molecule has 0 aromatic carbocycles. The van der Waals surface area contributed by atoms with E-state index in [4.69, 9.17) is 4.74 Å². The molecule has 0 spiro atoms. The van der Waals surface area contributed by atoms with E-state index in [1.165, 1.54) is 32.1 Å². The molecule has 1 fully saturated rings. The summed E-state index contributed by atoms with van der Waals surface area (Å²) < 4.78 is 5.49. The van der Waals surface area contributed by atoms with Crippen molar-refractivity contribution in [3.8, 4) is 0 Å². The van der Waals surface area contributed by atoms with Gasteiger partial charge in [-0.05, 0) is 19.3 Å². The SMILES string of the molecule is CCCCC(CC)NC1CC(OC)C1(C)C. The van der Waals surface area contributed by atoms with Crippen LogP contribution in [0.5, 0.6) is 0 Å². The summed E-state index contributed by atoms with van der Waals surface area (Å²) in [4.78, 5) is 0. The van der Waals surface area contributed by atoms with Gasteiger partial charge in [-0.1, -0.05) is 40.5 Å². The highest BCUT2D eigenvalue weighted by Gasteiger charge is 2.48. The predicted molar refractivity (Wildman–Crippen MR) is 69.7 cm³/mol. The number of rotatable bonds is 7. The Morgan fingerprint density at radius 1 is 1.38 bits per heavy atom. The molecule has 0 aromatic rings. The normalized spacial score (nSPS) is 29.8. The van der Waals surface area contributed by atoms with Crippen molar-refractivity contribution in [2.75, 3.05) is 7.11 Å². The summed E-state index contributed by atoms with van der Waals surface area (Å²) in [6, 6.07) is 1.33. The number of unbranched alkanes of at least 4 members (excludes halogenated alkanes) is 1. The van der Waals surface area contributed by atoms with Crippen LogP contribution in [0.25, 0.3) is 0 Å². The van der Waals surface area contributed by atoms with E-state index in [-0.39, 0.29) is 0 Å². The van der Waals surface area contributed by atoms with Gasteiger partial charge in [-0.15, -0.1) is 0 Å². The van der Waals surface area contributed by atoms with Crippen molar-refractivity contribution >= 4 is 0 Å². The molecule has 2 heteroatoms. The second-order valence-corrected chi connectivity index (χ2v) is 5.75. The zero-order valence-electron chi connectivity index (χ0n) is 11.7. The fraction of sp³-hybridized carbons (Fsp3) is 1.00. The Balaban J connectivity index is 2.36. The van der Waals surface area contributed by atoms with Gasteiger partial charge in [-0.3, -0.25) is 0 Å². The van der Waals surface area contributed by atoms with Crippen LogP contribution >= 0.6 is 0 Å². The Kier molecular flexibility index (Phi) is 5.26. The quantitative estimate of drug-likeness (QED) is 0.720. The first-order chi connectivity index (χ1) is 7.56. The molecule has 2 nitrogen and oxygen atoms in total. The lowest BCUT2D eigenvalue weighted by Gasteiger charge is -2.52. The minimum absolute atomic E-state index is 0.300. The molecule has 0 saturated heterocycles. The van der Waals surface area contributed by atoms with Gasteiger partial charge in [-0.2, -0.15) is 0 Å². The highest BCUT2D eigenvalue weighted by molar-refractivity contribution is 5.03. The van der Waals surface area contributed by atoms with Crippen LogP contribution < -0.4 is 5.32 Å². The van der Waals surface area contributed by atoms with Gasteiger partial charge in [0.1, 0.15) is 0 Å². The number of hydrogen-bond donors (Lipinski definition) is 1. The second kappa shape index (κ2) is 6.02. The first-order valence-corrected chi connectivity index (χ1v) is 6.85. The lowest BCUT2D eigenvalue weighted by molar-refractivity contribution is -0.101. The summed E-state index contributed by atoms with van der Waals surface area (Å²) in [5.74, 6) is 0. The molecule has 0 aliphatic heterocycles. The molecule has 0 bridgehead atoms. The summed E-state index contributed by atoms with van der Waals surface area (Å²) in [6.45, 7) is 9.18. The second-order valence-electron chi connectivity index (χ2n) is 5.75. The first-order valence-electron chi connectivity index (χ1n) is 6.85. The molecular formula is C14H29NO. The Bertz CT molecular complexity index is 203. The third-order valence-corrected chi connectivity index (χ3v) is 4.30. The summed E-state index contributed by atoms with van der Waals surface area (Å²) in [5.41, 5.74) is 0.300. The predicted octanol–water partition coefficient (Wildman–Crippen LogP) is 3.36. The Morgan fingerprint density at radius 3 is 2.50 bits per heavy atom. The van der Waals surface area contributed by atoms with Gasteiger partial charge in [0.05, 0.1) is 6.10 Å². The van der Waals surface area contributed by atoms with Crippen molar-refractivity contribution in [3.05, 3.63) is 0 Å². The standard InChI is InChI=1S/C14H29NO/c1-6-8-9-11(7-2)15-12-10-13(16-5)14(12,3)4/h11-13,15H,6-10H2,1-5H3. The van der Waals surface area contributed by atoms with Gasteiger partial charge in [0.25, 0.3) is 0 Å². The van der Waals surface area contributed by atoms with E-state index in [0.717, 1.165) is 0 Å². The molecule has 3 atom stereocenters. The molecule has 1 N–H and O–H groups in total. The van der Waals surface area contributed by atoms with E-state index < -0.39 is 0 Å². The summed E-state index contributed by atoms with van der Waals surface area (Å²) in [7, 11) is 1.83. The maximum absolute atomic E-state index is 5.49. The zero-order valence-corrected chi connectivity index (χ0v) is 11.7. The maximum Gasteiger partial charge on any atom is 0.0652 e. The average Bonchev–Trinajstić information content (AvgIpc) is 2.27. The maximum atomic E-state index is 5.49. The third kappa shape index (κ3) is 2.98. The number of hydrogen-bond acceptors (Lipinski definition) is 2. The Labute approximate surface area is 101 Å². The fourth-order valence-corrected chi connectivity index (χ4v) is 2.71. The van der Waals surface area contributed by atoms with Crippen LogP contribution in [0.3, 0.4) is 0 Å². The van der Waals surface area contributed by atoms with Crippen LogP contribution in [0.4, 0.5) is 0 Å². The van der Waals surface area contributed by atoms with E-state index in [2.05, 4.69) is 33.0 Å². The minimum Gasteiger partial charge on any atom is -0.381 e.